The summed E-state index contributed by atoms with van der Waals surface area (Å²) in [7, 11) is 2.11. The first kappa shape index (κ1) is 19.1. The molecule has 0 unspecified atom stereocenters. The SMILES string of the molecule is CN1CCC(NC(=O)c2ccc([C@H]3SCC(=O)N3Cc3ccco3)cc2)CC1. The summed E-state index contributed by atoms with van der Waals surface area (Å²) in [6.45, 7) is 2.49. The predicted octanol–water partition coefficient (Wildman–Crippen LogP) is 2.88. The summed E-state index contributed by atoms with van der Waals surface area (Å²) < 4.78 is 5.40. The number of likely N-dealkylation sites (tertiary alicyclic amines) is 1. The molecule has 0 radical (unpaired) electrons. The van der Waals surface area contributed by atoms with Crippen molar-refractivity contribution >= 4 is 23.6 Å². The number of carbonyl (C=O) groups is 2. The molecular weight excluding hydrogens is 374 g/mol. The maximum atomic E-state index is 12.5. The molecule has 2 fully saturated rings. The second kappa shape index (κ2) is 8.41. The second-order valence-electron chi connectivity index (χ2n) is 7.44. The first-order chi connectivity index (χ1) is 13.6. The topological polar surface area (TPSA) is 65.8 Å². The lowest BCUT2D eigenvalue weighted by molar-refractivity contribution is -0.128. The van der Waals surface area contributed by atoms with E-state index in [1.807, 2.05) is 41.3 Å². The molecule has 7 heteroatoms. The van der Waals surface area contributed by atoms with E-state index < -0.39 is 0 Å². The lowest BCUT2D eigenvalue weighted by atomic mass is 10.0. The van der Waals surface area contributed by atoms with Crippen LogP contribution in [0.1, 0.15) is 39.9 Å². The molecule has 2 aliphatic rings. The van der Waals surface area contributed by atoms with Crippen LogP contribution < -0.4 is 5.32 Å². The van der Waals surface area contributed by atoms with Crippen molar-refractivity contribution in [3.05, 3.63) is 59.5 Å². The van der Waals surface area contributed by atoms with Crippen molar-refractivity contribution in [2.24, 2.45) is 0 Å². The van der Waals surface area contributed by atoms with E-state index in [2.05, 4.69) is 17.3 Å². The van der Waals surface area contributed by atoms with Gasteiger partial charge in [-0.15, -0.1) is 11.8 Å². The van der Waals surface area contributed by atoms with Gasteiger partial charge in [-0.1, -0.05) is 12.1 Å². The second-order valence-corrected chi connectivity index (χ2v) is 8.51. The highest BCUT2D eigenvalue weighted by atomic mass is 32.2. The molecule has 148 valence electrons. The van der Waals surface area contributed by atoms with Gasteiger partial charge in [-0.3, -0.25) is 9.59 Å². The van der Waals surface area contributed by atoms with Crippen LogP contribution in [0.2, 0.25) is 0 Å². The van der Waals surface area contributed by atoms with Gasteiger partial charge >= 0.3 is 0 Å². The molecule has 2 aromatic rings. The summed E-state index contributed by atoms with van der Waals surface area (Å²) in [6.07, 6.45) is 3.60. The summed E-state index contributed by atoms with van der Waals surface area (Å²) in [6, 6.07) is 11.6. The van der Waals surface area contributed by atoms with Gasteiger partial charge in [0, 0.05) is 11.6 Å². The van der Waals surface area contributed by atoms with Crippen molar-refractivity contribution in [1.29, 1.82) is 0 Å². The van der Waals surface area contributed by atoms with E-state index in [4.69, 9.17) is 4.42 Å². The summed E-state index contributed by atoms with van der Waals surface area (Å²) in [5.74, 6) is 1.32. The highest BCUT2D eigenvalue weighted by molar-refractivity contribution is 8.00. The number of nitrogens with zero attached hydrogens (tertiary/aromatic N) is 2. The largest absolute Gasteiger partial charge is 0.467 e. The van der Waals surface area contributed by atoms with Gasteiger partial charge in [0.05, 0.1) is 18.6 Å². The lowest BCUT2D eigenvalue weighted by Gasteiger charge is -2.29. The number of piperidine rings is 1. The molecule has 3 heterocycles. The number of hydrogen-bond acceptors (Lipinski definition) is 5. The van der Waals surface area contributed by atoms with Crippen LogP contribution in [0.4, 0.5) is 0 Å². The van der Waals surface area contributed by atoms with E-state index in [9.17, 15) is 9.59 Å². The molecule has 4 rings (SSSR count). The van der Waals surface area contributed by atoms with Crippen LogP contribution in [0, 0.1) is 0 Å². The molecule has 1 aromatic carbocycles. The molecular formula is C21H25N3O3S. The Labute approximate surface area is 169 Å². The molecule has 1 N–H and O–H groups in total. The van der Waals surface area contributed by atoms with E-state index in [0.717, 1.165) is 37.3 Å². The Bertz CT molecular complexity index is 814. The van der Waals surface area contributed by atoms with Crippen molar-refractivity contribution in [3.8, 4) is 0 Å². The molecule has 2 saturated heterocycles. The van der Waals surface area contributed by atoms with E-state index in [1.54, 1.807) is 18.0 Å². The minimum Gasteiger partial charge on any atom is -0.467 e. The summed E-state index contributed by atoms with van der Waals surface area (Å²) in [5, 5.41) is 3.09. The number of thioether (sulfide) groups is 1. The minimum absolute atomic E-state index is 0.0244. The van der Waals surface area contributed by atoms with Gasteiger partial charge in [0.25, 0.3) is 5.91 Å². The minimum atomic E-state index is -0.0522. The average Bonchev–Trinajstić information content (AvgIpc) is 3.35. The predicted molar refractivity (Wildman–Crippen MR) is 109 cm³/mol. The van der Waals surface area contributed by atoms with Crippen molar-refractivity contribution in [3.63, 3.8) is 0 Å². The molecule has 1 aromatic heterocycles. The zero-order valence-corrected chi connectivity index (χ0v) is 16.8. The van der Waals surface area contributed by atoms with Crippen molar-refractivity contribution in [2.45, 2.75) is 30.8 Å². The third kappa shape index (κ3) is 4.25. The molecule has 0 aliphatic carbocycles. The Kier molecular flexibility index (Phi) is 5.73. The van der Waals surface area contributed by atoms with E-state index >= 15 is 0 Å². The van der Waals surface area contributed by atoms with E-state index in [0.29, 0.717) is 17.9 Å². The fourth-order valence-electron chi connectivity index (χ4n) is 3.69. The molecule has 2 aliphatic heterocycles. The molecule has 28 heavy (non-hydrogen) atoms. The third-order valence-corrected chi connectivity index (χ3v) is 6.64. The Hall–Kier alpha value is -2.25. The number of furan rings is 1. The number of hydrogen-bond donors (Lipinski definition) is 1. The van der Waals surface area contributed by atoms with Crippen LogP contribution in [0.15, 0.2) is 47.1 Å². The molecule has 2 amide bonds. The summed E-state index contributed by atoms with van der Waals surface area (Å²) in [4.78, 5) is 29.0. The van der Waals surface area contributed by atoms with Gasteiger partial charge in [-0.2, -0.15) is 0 Å². The monoisotopic (exact) mass is 399 g/mol. The highest BCUT2D eigenvalue weighted by Gasteiger charge is 2.33. The van der Waals surface area contributed by atoms with Gasteiger partial charge in [-0.05, 0) is 62.8 Å². The Morgan fingerprint density at radius 2 is 1.96 bits per heavy atom. The van der Waals surface area contributed by atoms with Crippen LogP contribution >= 0.6 is 11.8 Å². The van der Waals surface area contributed by atoms with Gasteiger partial charge < -0.3 is 19.5 Å². The van der Waals surface area contributed by atoms with Crippen molar-refractivity contribution in [2.75, 3.05) is 25.9 Å². The van der Waals surface area contributed by atoms with Crippen LogP contribution in [-0.2, 0) is 11.3 Å². The highest BCUT2D eigenvalue weighted by Crippen LogP contribution is 2.39. The Morgan fingerprint density at radius 1 is 1.21 bits per heavy atom. The number of carbonyl (C=O) groups excluding carboxylic acids is 2. The van der Waals surface area contributed by atoms with Gasteiger partial charge in [0.2, 0.25) is 5.91 Å². The van der Waals surface area contributed by atoms with Gasteiger partial charge in [0.1, 0.15) is 11.1 Å². The fourth-order valence-corrected chi connectivity index (χ4v) is 4.88. The standard InChI is InChI=1S/C21H25N3O3S/c1-23-10-8-17(9-11-23)22-20(26)15-4-6-16(7-5-15)21-24(19(25)14-28-21)13-18-3-2-12-27-18/h2-7,12,17,21H,8-11,13-14H2,1H3,(H,22,26)/t21-/m1/s1. The zero-order chi connectivity index (χ0) is 19.5. The van der Waals surface area contributed by atoms with E-state index in [1.165, 1.54) is 0 Å². The Balaban J connectivity index is 1.40. The lowest BCUT2D eigenvalue weighted by Crippen LogP contribution is -2.43. The number of benzene rings is 1. The first-order valence-corrected chi connectivity index (χ1v) is 10.7. The van der Waals surface area contributed by atoms with Gasteiger partial charge in [-0.25, -0.2) is 0 Å². The first-order valence-electron chi connectivity index (χ1n) is 9.63. The Morgan fingerprint density at radius 3 is 2.64 bits per heavy atom. The molecule has 6 nitrogen and oxygen atoms in total. The van der Waals surface area contributed by atoms with Crippen molar-refractivity contribution < 1.29 is 14.0 Å². The van der Waals surface area contributed by atoms with E-state index in [-0.39, 0.29) is 23.2 Å². The fraction of sp³-hybridized carbons (Fsp3) is 0.429. The normalized spacial score (nSPS) is 21.2. The van der Waals surface area contributed by atoms with Crippen LogP contribution in [0.3, 0.4) is 0 Å². The smallest absolute Gasteiger partial charge is 0.251 e. The van der Waals surface area contributed by atoms with Gasteiger partial charge in [0.15, 0.2) is 0 Å². The zero-order valence-electron chi connectivity index (χ0n) is 16.0. The number of rotatable bonds is 5. The maximum absolute atomic E-state index is 12.5. The van der Waals surface area contributed by atoms with Crippen LogP contribution in [-0.4, -0.2) is 53.5 Å². The molecule has 0 saturated carbocycles. The number of nitrogens with one attached hydrogen (secondary N) is 1. The number of amides is 2. The van der Waals surface area contributed by atoms with Crippen molar-refractivity contribution in [1.82, 2.24) is 15.1 Å². The summed E-state index contributed by atoms with van der Waals surface area (Å²) >= 11 is 1.61. The molecule has 0 spiro atoms. The average molecular weight is 400 g/mol. The third-order valence-electron chi connectivity index (χ3n) is 5.39. The quantitative estimate of drug-likeness (QED) is 0.838. The molecule has 0 bridgehead atoms. The molecule has 1 atom stereocenters. The maximum Gasteiger partial charge on any atom is 0.251 e. The summed E-state index contributed by atoms with van der Waals surface area (Å²) in [5.41, 5.74) is 1.69. The van der Waals surface area contributed by atoms with Crippen LogP contribution in [0.5, 0.6) is 0 Å². The van der Waals surface area contributed by atoms with Crippen LogP contribution in [0.25, 0.3) is 0 Å².